The average Bonchev–Trinajstić information content (AvgIpc) is 3.22. The molecular weight excluding hydrogens is 428 g/mol. The summed E-state index contributed by atoms with van der Waals surface area (Å²) in [6, 6.07) is 13.5. The molecule has 1 fully saturated rings. The standard InChI is InChI=1S/C24H21ClN4O3/c25-23-17(2-1-3-18(23)19-8-9-21(30)27-24(19)32)16-6-4-15(5-7-16)12-29-13-20-26-10-11-28(20)14-22(29)31/h1-7,10-11,19H,8-9,12-14H2,(H,27,30,32). The number of nitrogens with one attached hydrogen (secondary N) is 1. The highest BCUT2D eigenvalue weighted by molar-refractivity contribution is 6.34. The number of carbonyl (C=O) groups is 3. The van der Waals surface area contributed by atoms with Gasteiger partial charge in [0, 0.05) is 30.9 Å². The van der Waals surface area contributed by atoms with E-state index in [0.717, 1.165) is 28.1 Å². The first kappa shape index (κ1) is 20.5. The Bertz CT molecular complexity index is 1220. The van der Waals surface area contributed by atoms with E-state index in [4.69, 9.17) is 11.6 Å². The van der Waals surface area contributed by atoms with E-state index in [9.17, 15) is 14.4 Å². The van der Waals surface area contributed by atoms with Crippen molar-refractivity contribution in [3.63, 3.8) is 0 Å². The fourth-order valence-electron chi connectivity index (χ4n) is 4.33. The van der Waals surface area contributed by atoms with Crippen molar-refractivity contribution in [2.75, 3.05) is 0 Å². The van der Waals surface area contributed by atoms with Gasteiger partial charge in [0.05, 0.1) is 17.5 Å². The van der Waals surface area contributed by atoms with Gasteiger partial charge in [-0.2, -0.15) is 0 Å². The molecule has 2 aliphatic heterocycles. The molecule has 0 aliphatic carbocycles. The quantitative estimate of drug-likeness (QED) is 0.621. The summed E-state index contributed by atoms with van der Waals surface area (Å²) in [4.78, 5) is 42.3. The number of benzene rings is 2. The van der Waals surface area contributed by atoms with E-state index in [0.29, 0.717) is 37.5 Å². The van der Waals surface area contributed by atoms with Crippen LogP contribution >= 0.6 is 11.6 Å². The van der Waals surface area contributed by atoms with E-state index >= 15 is 0 Å². The summed E-state index contributed by atoms with van der Waals surface area (Å²) >= 11 is 6.70. The van der Waals surface area contributed by atoms with Crippen LogP contribution in [0.15, 0.2) is 54.9 Å². The highest BCUT2D eigenvalue weighted by Gasteiger charge is 2.30. The number of carbonyl (C=O) groups excluding carboxylic acids is 3. The Balaban J connectivity index is 1.35. The van der Waals surface area contributed by atoms with E-state index in [2.05, 4.69) is 10.3 Å². The van der Waals surface area contributed by atoms with Gasteiger partial charge in [-0.1, -0.05) is 54.1 Å². The van der Waals surface area contributed by atoms with Crippen LogP contribution in [0.3, 0.4) is 0 Å². The molecule has 1 unspecified atom stereocenters. The fourth-order valence-corrected chi connectivity index (χ4v) is 4.69. The van der Waals surface area contributed by atoms with Crippen LogP contribution in [0.25, 0.3) is 11.1 Å². The fraction of sp³-hybridized carbons (Fsp3) is 0.250. The zero-order chi connectivity index (χ0) is 22.2. The second kappa shape index (κ2) is 8.24. The van der Waals surface area contributed by atoms with Crippen molar-refractivity contribution < 1.29 is 14.4 Å². The van der Waals surface area contributed by atoms with Crippen molar-refractivity contribution in [1.82, 2.24) is 19.8 Å². The lowest BCUT2D eigenvalue weighted by Crippen LogP contribution is -2.39. The molecular formula is C24H21ClN4O3. The largest absolute Gasteiger partial charge is 0.329 e. The van der Waals surface area contributed by atoms with E-state index in [1.807, 2.05) is 53.2 Å². The molecule has 32 heavy (non-hydrogen) atoms. The number of imidazole rings is 1. The van der Waals surface area contributed by atoms with Gasteiger partial charge in [-0.15, -0.1) is 0 Å². The molecule has 2 aliphatic rings. The maximum absolute atomic E-state index is 12.4. The minimum Gasteiger partial charge on any atom is -0.329 e. The monoisotopic (exact) mass is 448 g/mol. The molecule has 3 heterocycles. The number of aromatic nitrogens is 2. The third-order valence-corrected chi connectivity index (χ3v) is 6.50. The van der Waals surface area contributed by atoms with Gasteiger partial charge in [-0.3, -0.25) is 19.7 Å². The van der Waals surface area contributed by atoms with Gasteiger partial charge in [0.25, 0.3) is 0 Å². The Morgan fingerprint density at radius 3 is 2.66 bits per heavy atom. The van der Waals surface area contributed by atoms with Crippen LogP contribution in [-0.4, -0.2) is 32.2 Å². The van der Waals surface area contributed by atoms with Gasteiger partial charge >= 0.3 is 0 Å². The number of hydrogen-bond donors (Lipinski definition) is 1. The normalized spacial score (nSPS) is 18.5. The van der Waals surface area contributed by atoms with Crippen LogP contribution in [0.1, 0.15) is 35.7 Å². The minimum absolute atomic E-state index is 0.0690. The zero-order valence-corrected chi connectivity index (χ0v) is 18.0. The van der Waals surface area contributed by atoms with E-state index < -0.39 is 5.92 Å². The van der Waals surface area contributed by atoms with Gasteiger partial charge in [-0.25, -0.2) is 4.98 Å². The van der Waals surface area contributed by atoms with Crippen LogP contribution in [0.2, 0.25) is 5.02 Å². The third kappa shape index (κ3) is 3.80. The lowest BCUT2D eigenvalue weighted by atomic mass is 9.88. The molecule has 8 heteroatoms. The highest BCUT2D eigenvalue weighted by Crippen LogP contribution is 2.37. The maximum Gasteiger partial charge on any atom is 0.243 e. The summed E-state index contributed by atoms with van der Waals surface area (Å²) in [6.45, 7) is 1.32. The van der Waals surface area contributed by atoms with E-state index in [1.165, 1.54) is 0 Å². The Labute approximate surface area is 190 Å². The molecule has 1 atom stereocenters. The second-order valence-electron chi connectivity index (χ2n) is 8.13. The molecule has 1 aromatic heterocycles. The Hall–Kier alpha value is -3.45. The molecule has 1 N–H and O–H groups in total. The topological polar surface area (TPSA) is 84.3 Å². The summed E-state index contributed by atoms with van der Waals surface area (Å²) in [7, 11) is 0. The Kier molecular flexibility index (Phi) is 5.27. The number of halogens is 1. The summed E-state index contributed by atoms with van der Waals surface area (Å²) in [5.74, 6) is -0.0253. The van der Waals surface area contributed by atoms with Crippen LogP contribution < -0.4 is 5.32 Å². The zero-order valence-electron chi connectivity index (χ0n) is 17.3. The van der Waals surface area contributed by atoms with Crippen molar-refractivity contribution in [3.8, 4) is 11.1 Å². The molecule has 2 aromatic carbocycles. The number of imide groups is 1. The van der Waals surface area contributed by atoms with Crippen LogP contribution in [-0.2, 0) is 34.0 Å². The predicted molar refractivity (Wildman–Crippen MR) is 118 cm³/mol. The molecule has 7 nitrogen and oxygen atoms in total. The smallest absolute Gasteiger partial charge is 0.243 e. The molecule has 1 saturated heterocycles. The first-order valence-corrected chi connectivity index (χ1v) is 10.9. The first-order chi connectivity index (χ1) is 15.5. The van der Waals surface area contributed by atoms with Crippen molar-refractivity contribution in [1.29, 1.82) is 0 Å². The van der Waals surface area contributed by atoms with E-state index in [-0.39, 0.29) is 17.7 Å². The summed E-state index contributed by atoms with van der Waals surface area (Å²) < 4.78 is 1.87. The number of fused-ring (bicyclic) bond motifs is 1. The van der Waals surface area contributed by atoms with Gasteiger partial charge in [-0.05, 0) is 23.1 Å². The van der Waals surface area contributed by atoms with Crippen molar-refractivity contribution in [2.45, 2.75) is 38.4 Å². The Morgan fingerprint density at radius 1 is 1.06 bits per heavy atom. The van der Waals surface area contributed by atoms with Gasteiger partial charge < -0.3 is 9.47 Å². The average molecular weight is 449 g/mol. The lowest BCUT2D eigenvalue weighted by Gasteiger charge is -2.27. The predicted octanol–water partition coefficient (Wildman–Crippen LogP) is 3.27. The highest BCUT2D eigenvalue weighted by atomic mass is 35.5. The molecule has 0 radical (unpaired) electrons. The number of amides is 3. The number of piperidine rings is 1. The van der Waals surface area contributed by atoms with E-state index in [1.54, 1.807) is 11.1 Å². The SMILES string of the molecule is O=C1CCC(c2cccc(-c3ccc(CN4Cc5nccn5CC4=O)cc3)c2Cl)C(=O)N1. The molecule has 3 amide bonds. The number of rotatable bonds is 4. The molecule has 0 spiro atoms. The van der Waals surface area contributed by atoms with Crippen LogP contribution in [0.4, 0.5) is 0 Å². The summed E-state index contributed by atoms with van der Waals surface area (Å²) in [5.41, 5.74) is 3.50. The van der Waals surface area contributed by atoms with Crippen LogP contribution in [0, 0.1) is 0 Å². The van der Waals surface area contributed by atoms with Crippen LogP contribution in [0.5, 0.6) is 0 Å². The molecule has 162 valence electrons. The second-order valence-corrected chi connectivity index (χ2v) is 8.51. The van der Waals surface area contributed by atoms with Gasteiger partial charge in [0.2, 0.25) is 17.7 Å². The first-order valence-electron chi connectivity index (χ1n) is 10.5. The minimum atomic E-state index is -0.433. The molecule has 5 rings (SSSR count). The van der Waals surface area contributed by atoms with Gasteiger partial charge in [0.15, 0.2) is 0 Å². The maximum atomic E-state index is 12.4. The Morgan fingerprint density at radius 2 is 1.88 bits per heavy atom. The molecule has 3 aromatic rings. The summed E-state index contributed by atoms with van der Waals surface area (Å²) in [5, 5.41) is 2.92. The lowest BCUT2D eigenvalue weighted by molar-refractivity contribution is -0.135. The summed E-state index contributed by atoms with van der Waals surface area (Å²) in [6.07, 6.45) is 4.30. The van der Waals surface area contributed by atoms with Gasteiger partial charge in [0.1, 0.15) is 12.4 Å². The molecule has 0 bridgehead atoms. The number of nitrogens with zero attached hydrogens (tertiary/aromatic N) is 3. The third-order valence-electron chi connectivity index (χ3n) is 6.07. The number of hydrogen-bond acceptors (Lipinski definition) is 4. The molecule has 0 saturated carbocycles. The van der Waals surface area contributed by atoms with Crippen molar-refractivity contribution in [3.05, 3.63) is 76.8 Å². The van der Waals surface area contributed by atoms with Crippen molar-refractivity contribution in [2.24, 2.45) is 0 Å². The van der Waals surface area contributed by atoms with Crippen molar-refractivity contribution >= 4 is 29.3 Å².